The average molecular weight is 328 g/mol. The summed E-state index contributed by atoms with van der Waals surface area (Å²) in [5.74, 6) is 0.478. The van der Waals surface area contributed by atoms with Gasteiger partial charge < -0.3 is 9.47 Å². The summed E-state index contributed by atoms with van der Waals surface area (Å²) in [6.45, 7) is 0.457. The van der Waals surface area contributed by atoms with Crippen molar-refractivity contribution in [1.82, 2.24) is 0 Å². The second kappa shape index (κ2) is 5.81. The van der Waals surface area contributed by atoms with Gasteiger partial charge >= 0.3 is 5.97 Å². The fourth-order valence-corrected chi connectivity index (χ4v) is 4.14. The first-order valence-corrected chi connectivity index (χ1v) is 8.62. The number of Topliss-reactive ketones (excluding diaryl/α,β-unsaturated/α-hetero) is 1. The number of rotatable bonds is 2. The molecule has 1 fully saturated rings. The zero-order valence-electron chi connectivity index (χ0n) is 12.5. The highest BCUT2D eigenvalue weighted by Crippen LogP contribution is 2.42. The SMILES string of the molecule is O=C(O[C@@H]1CCCCC1=O)c1cc2c(s1)-c1ccccc1OC2. The van der Waals surface area contributed by atoms with Crippen LogP contribution in [0, 0.1) is 0 Å². The number of para-hydroxylation sites is 1. The van der Waals surface area contributed by atoms with Crippen molar-refractivity contribution in [3.05, 3.63) is 40.8 Å². The summed E-state index contributed by atoms with van der Waals surface area (Å²) in [5.41, 5.74) is 2.00. The summed E-state index contributed by atoms with van der Waals surface area (Å²) in [7, 11) is 0. The zero-order valence-corrected chi connectivity index (χ0v) is 13.4. The van der Waals surface area contributed by atoms with Crippen molar-refractivity contribution in [2.75, 3.05) is 0 Å². The van der Waals surface area contributed by atoms with E-state index in [2.05, 4.69) is 0 Å². The Labute approximate surface area is 138 Å². The number of fused-ring (bicyclic) bond motifs is 3. The highest BCUT2D eigenvalue weighted by Gasteiger charge is 2.28. The molecule has 1 saturated carbocycles. The minimum atomic E-state index is -0.570. The van der Waals surface area contributed by atoms with E-state index in [1.54, 1.807) is 0 Å². The summed E-state index contributed by atoms with van der Waals surface area (Å²) >= 11 is 1.41. The molecule has 4 nitrogen and oxygen atoms in total. The molecule has 23 heavy (non-hydrogen) atoms. The molecule has 1 aromatic heterocycles. The van der Waals surface area contributed by atoms with Crippen molar-refractivity contribution in [2.24, 2.45) is 0 Å². The number of carbonyl (C=O) groups excluding carboxylic acids is 2. The highest BCUT2D eigenvalue weighted by atomic mass is 32.1. The number of ether oxygens (including phenoxy) is 2. The fourth-order valence-electron chi connectivity index (χ4n) is 3.06. The van der Waals surface area contributed by atoms with Gasteiger partial charge in [-0.05, 0) is 37.5 Å². The molecule has 1 aromatic carbocycles. The van der Waals surface area contributed by atoms with Gasteiger partial charge in [0.1, 0.15) is 17.2 Å². The van der Waals surface area contributed by atoms with Crippen LogP contribution in [-0.4, -0.2) is 17.9 Å². The molecular weight excluding hydrogens is 312 g/mol. The fraction of sp³-hybridized carbons (Fsp3) is 0.333. The molecule has 0 bridgehead atoms. The maximum absolute atomic E-state index is 12.4. The predicted octanol–water partition coefficient (Wildman–Crippen LogP) is 3.98. The maximum Gasteiger partial charge on any atom is 0.349 e. The Hall–Kier alpha value is -2.14. The Bertz CT molecular complexity index is 777. The van der Waals surface area contributed by atoms with E-state index >= 15 is 0 Å². The van der Waals surface area contributed by atoms with E-state index in [1.165, 1.54) is 11.3 Å². The van der Waals surface area contributed by atoms with Crippen LogP contribution in [0.3, 0.4) is 0 Å². The van der Waals surface area contributed by atoms with Gasteiger partial charge in [-0.25, -0.2) is 4.79 Å². The van der Waals surface area contributed by atoms with Crippen LogP contribution >= 0.6 is 11.3 Å². The predicted molar refractivity (Wildman–Crippen MR) is 86.8 cm³/mol. The number of thiophene rings is 1. The van der Waals surface area contributed by atoms with E-state index in [9.17, 15) is 9.59 Å². The molecule has 0 spiro atoms. The topological polar surface area (TPSA) is 52.6 Å². The third-order valence-corrected chi connectivity index (χ3v) is 5.46. The van der Waals surface area contributed by atoms with Crippen LogP contribution in [0.4, 0.5) is 0 Å². The minimum Gasteiger partial charge on any atom is -0.488 e. The Balaban J connectivity index is 1.58. The van der Waals surface area contributed by atoms with Crippen molar-refractivity contribution in [2.45, 2.75) is 38.4 Å². The maximum atomic E-state index is 12.4. The second-order valence-corrected chi connectivity index (χ2v) is 6.91. The van der Waals surface area contributed by atoms with Gasteiger partial charge in [-0.3, -0.25) is 4.79 Å². The van der Waals surface area contributed by atoms with Crippen molar-refractivity contribution in [1.29, 1.82) is 0 Å². The van der Waals surface area contributed by atoms with Crippen molar-refractivity contribution in [3.63, 3.8) is 0 Å². The minimum absolute atomic E-state index is 0.0413. The third kappa shape index (κ3) is 2.65. The van der Waals surface area contributed by atoms with Gasteiger partial charge in [0.2, 0.25) is 0 Å². The van der Waals surface area contributed by atoms with E-state index in [0.29, 0.717) is 24.3 Å². The van der Waals surface area contributed by atoms with E-state index in [0.717, 1.165) is 34.6 Å². The first kappa shape index (κ1) is 14.5. The monoisotopic (exact) mass is 328 g/mol. The van der Waals surface area contributed by atoms with Crippen LogP contribution in [0.25, 0.3) is 10.4 Å². The van der Waals surface area contributed by atoms with Gasteiger partial charge in [-0.15, -0.1) is 11.3 Å². The smallest absolute Gasteiger partial charge is 0.349 e. The van der Waals surface area contributed by atoms with Crippen molar-refractivity contribution < 1.29 is 19.1 Å². The molecular formula is C18H16O4S. The Morgan fingerprint density at radius 3 is 3.00 bits per heavy atom. The van der Waals surface area contributed by atoms with Crippen LogP contribution in [0.1, 0.15) is 40.9 Å². The van der Waals surface area contributed by atoms with Gasteiger partial charge in [0, 0.05) is 22.4 Å². The molecule has 2 heterocycles. The zero-order chi connectivity index (χ0) is 15.8. The molecule has 0 unspecified atom stereocenters. The quantitative estimate of drug-likeness (QED) is 0.783. The molecule has 2 aromatic rings. The molecule has 4 rings (SSSR count). The summed E-state index contributed by atoms with van der Waals surface area (Å²) < 4.78 is 11.1. The number of benzene rings is 1. The number of hydrogen-bond donors (Lipinski definition) is 0. The molecule has 0 saturated heterocycles. The van der Waals surface area contributed by atoms with E-state index < -0.39 is 12.1 Å². The average Bonchev–Trinajstić information content (AvgIpc) is 3.02. The standard InChI is InChI=1S/C18H16O4S/c19-13-6-2-4-8-15(13)22-18(20)16-9-11-10-21-14-7-3-1-5-12(14)17(11)23-16/h1,3,5,7,9,15H,2,4,6,8,10H2/t15-/m1/s1. The first-order chi connectivity index (χ1) is 11.2. The lowest BCUT2D eigenvalue weighted by molar-refractivity contribution is -0.129. The van der Waals surface area contributed by atoms with Gasteiger partial charge in [-0.2, -0.15) is 0 Å². The van der Waals surface area contributed by atoms with Gasteiger partial charge in [0.25, 0.3) is 0 Å². The van der Waals surface area contributed by atoms with Crippen LogP contribution in [0.2, 0.25) is 0 Å². The summed E-state index contributed by atoms with van der Waals surface area (Å²) in [4.78, 5) is 25.8. The molecule has 0 radical (unpaired) electrons. The second-order valence-electron chi connectivity index (χ2n) is 5.86. The Morgan fingerprint density at radius 2 is 2.13 bits per heavy atom. The van der Waals surface area contributed by atoms with Gasteiger partial charge in [0.05, 0.1) is 0 Å². The number of ketones is 1. The molecule has 118 valence electrons. The number of esters is 1. The van der Waals surface area contributed by atoms with Crippen LogP contribution in [0.15, 0.2) is 30.3 Å². The van der Waals surface area contributed by atoms with E-state index in [1.807, 2.05) is 30.3 Å². The van der Waals surface area contributed by atoms with Crippen LogP contribution < -0.4 is 4.74 Å². The number of carbonyl (C=O) groups is 2. The normalized spacial score (nSPS) is 19.5. The van der Waals surface area contributed by atoms with Crippen LogP contribution in [0.5, 0.6) is 5.75 Å². The van der Waals surface area contributed by atoms with Gasteiger partial charge in [-0.1, -0.05) is 12.1 Å². The van der Waals surface area contributed by atoms with E-state index in [4.69, 9.17) is 9.47 Å². The summed E-state index contributed by atoms with van der Waals surface area (Å²) in [6, 6.07) is 9.63. The van der Waals surface area contributed by atoms with Gasteiger partial charge in [0.15, 0.2) is 11.9 Å². The molecule has 1 aliphatic heterocycles. The summed E-state index contributed by atoms with van der Waals surface area (Å²) in [5, 5.41) is 0. The first-order valence-electron chi connectivity index (χ1n) is 7.81. The largest absolute Gasteiger partial charge is 0.488 e. The molecule has 0 N–H and O–H groups in total. The van der Waals surface area contributed by atoms with E-state index in [-0.39, 0.29) is 5.78 Å². The summed E-state index contributed by atoms with van der Waals surface area (Å²) in [6.07, 6.45) is 2.42. The highest BCUT2D eigenvalue weighted by molar-refractivity contribution is 7.17. The number of hydrogen-bond acceptors (Lipinski definition) is 5. The Morgan fingerprint density at radius 1 is 1.26 bits per heavy atom. The Kier molecular flexibility index (Phi) is 3.65. The molecule has 5 heteroatoms. The molecule has 1 atom stereocenters. The lowest BCUT2D eigenvalue weighted by Gasteiger charge is -2.20. The van der Waals surface area contributed by atoms with Crippen molar-refractivity contribution >= 4 is 23.1 Å². The third-order valence-electron chi connectivity index (χ3n) is 4.27. The lowest BCUT2D eigenvalue weighted by Crippen LogP contribution is -2.29. The van der Waals surface area contributed by atoms with Crippen molar-refractivity contribution in [3.8, 4) is 16.2 Å². The molecule has 0 amide bonds. The van der Waals surface area contributed by atoms with Crippen LogP contribution in [-0.2, 0) is 16.1 Å². The molecule has 1 aliphatic carbocycles. The lowest BCUT2D eigenvalue weighted by atomic mass is 9.96. The molecule has 2 aliphatic rings.